The lowest BCUT2D eigenvalue weighted by Gasteiger charge is -2.13. The lowest BCUT2D eigenvalue weighted by Crippen LogP contribution is -2.01. The van der Waals surface area contributed by atoms with Crippen LogP contribution < -0.4 is 4.74 Å². The van der Waals surface area contributed by atoms with Crippen molar-refractivity contribution < 1.29 is 4.74 Å². The van der Waals surface area contributed by atoms with Crippen LogP contribution in [0.5, 0.6) is 5.75 Å². The van der Waals surface area contributed by atoms with Crippen LogP contribution in [0.3, 0.4) is 0 Å². The lowest BCUT2D eigenvalue weighted by molar-refractivity contribution is 0.317. The van der Waals surface area contributed by atoms with Crippen LogP contribution in [0.2, 0.25) is 0 Å². The van der Waals surface area contributed by atoms with Gasteiger partial charge in [-0.2, -0.15) is 0 Å². The van der Waals surface area contributed by atoms with E-state index >= 15 is 0 Å². The number of hydrogen-bond donors (Lipinski definition) is 0. The molecule has 0 radical (unpaired) electrons. The second-order valence-electron chi connectivity index (χ2n) is 4.25. The third-order valence-electron chi connectivity index (χ3n) is 2.33. The second kappa shape index (κ2) is 5.59. The van der Waals surface area contributed by atoms with Gasteiger partial charge in [0.25, 0.3) is 0 Å². The molecule has 1 heteroatoms. The van der Waals surface area contributed by atoms with Crippen molar-refractivity contribution in [1.29, 1.82) is 0 Å². The van der Waals surface area contributed by atoms with Gasteiger partial charge in [0.1, 0.15) is 5.75 Å². The van der Waals surface area contributed by atoms with Crippen LogP contribution in [-0.4, -0.2) is 6.61 Å². The summed E-state index contributed by atoms with van der Waals surface area (Å²) < 4.78 is 5.75. The van der Waals surface area contributed by atoms with Crippen LogP contribution in [-0.2, 0) is 0 Å². The summed E-state index contributed by atoms with van der Waals surface area (Å²) in [5.74, 6) is 1.51. The van der Waals surface area contributed by atoms with Crippen molar-refractivity contribution in [3.05, 3.63) is 42.0 Å². The van der Waals surface area contributed by atoms with Gasteiger partial charge in [0.2, 0.25) is 0 Å². The molecule has 0 aliphatic rings. The molecule has 15 heavy (non-hydrogen) atoms. The standard InChI is InChI=1S/C14H20O/c1-11(2)9-10-15-14-8-6-5-7-13(14)12(3)4/h5-8,12H,1,9-10H2,2-4H3. The van der Waals surface area contributed by atoms with E-state index in [9.17, 15) is 0 Å². The topological polar surface area (TPSA) is 9.23 Å². The zero-order valence-electron chi connectivity index (χ0n) is 9.92. The lowest BCUT2D eigenvalue weighted by atomic mass is 10.0. The molecule has 0 heterocycles. The van der Waals surface area contributed by atoms with E-state index in [4.69, 9.17) is 4.74 Å². The summed E-state index contributed by atoms with van der Waals surface area (Å²) in [6.07, 6.45) is 0.923. The molecule has 1 nitrogen and oxygen atoms in total. The van der Waals surface area contributed by atoms with Gasteiger partial charge in [0.15, 0.2) is 0 Å². The zero-order chi connectivity index (χ0) is 11.3. The molecule has 0 aliphatic carbocycles. The van der Waals surface area contributed by atoms with Crippen molar-refractivity contribution in [2.75, 3.05) is 6.61 Å². The summed E-state index contributed by atoms with van der Waals surface area (Å²) in [5.41, 5.74) is 2.44. The molecule has 0 unspecified atom stereocenters. The summed E-state index contributed by atoms with van der Waals surface area (Å²) in [7, 11) is 0. The highest BCUT2D eigenvalue weighted by atomic mass is 16.5. The van der Waals surface area contributed by atoms with Gasteiger partial charge in [-0.3, -0.25) is 0 Å². The number of ether oxygens (including phenoxy) is 1. The summed E-state index contributed by atoms with van der Waals surface area (Å²) in [6.45, 7) is 11.0. The van der Waals surface area contributed by atoms with Crippen LogP contribution in [0.25, 0.3) is 0 Å². The Balaban J connectivity index is 2.63. The molecule has 0 N–H and O–H groups in total. The molecule has 0 aliphatic heterocycles. The number of rotatable bonds is 5. The largest absolute Gasteiger partial charge is 0.493 e. The van der Waals surface area contributed by atoms with Crippen LogP contribution >= 0.6 is 0 Å². The predicted molar refractivity (Wildman–Crippen MR) is 65.5 cm³/mol. The fourth-order valence-corrected chi connectivity index (χ4v) is 1.42. The first-order valence-electron chi connectivity index (χ1n) is 5.47. The van der Waals surface area contributed by atoms with Crippen LogP contribution in [0, 0.1) is 0 Å². The molecule has 0 saturated heterocycles. The minimum Gasteiger partial charge on any atom is -0.493 e. The Hall–Kier alpha value is -1.24. The molecule has 1 aromatic rings. The van der Waals surface area contributed by atoms with Gasteiger partial charge in [-0.25, -0.2) is 0 Å². The van der Waals surface area contributed by atoms with E-state index in [1.165, 1.54) is 5.56 Å². The molecule has 0 spiro atoms. The van der Waals surface area contributed by atoms with E-state index in [1.54, 1.807) is 0 Å². The van der Waals surface area contributed by atoms with Crippen molar-refractivity contribution in [3.63, 3.8) is 0 Å². The van der Waals surface area contributed by atoms with Gasteiger partial charge >= 0.3 is 0 Å². The molecule has 0 atom stereocenters. The minimum atomic E-state index is 0.506. The quantitative estimate of drug-likeness (QED) is 0.654. The Morgan fingerprint density at radius 2 is 2.00 bits per heavy atom. The molecule has 0 bridgehead atoms. The molecular formula is C14H20O. The van der Waals surface area contributed by atoms with Gasteiger partial charge in [0, 0.05) is 6.42 Å². The van der Waals surface area contributed by atoms with E-state index in [0.29, 0.717) is 5.92 Å². The van der Waals surface area contributed by atoms with Gasteiger partial charge in [-0.1, -0.05) is 37.6 Å². The fraction of sp³-hybridized carbons (Fsp3) is 0.429. The zero-order valence-corrected chi connectivity index (χ0v) is 9.92. The molecule has 0 saturated carbocycles. The van der Waals surface area contributed by atoms with Gasteiger partial charge in [-0.15, -0.1) is 6.58 Å². The first kappa shape index (κ1) is 11.8. The van der Waals surface area contributed by atoms with Crippen molar-refractivity contribution in [2.24, 2.45) is 0 Å². The fourth-order valence-electron chi connectivity index (χ4n) is 1.42. The summed E-state index contributed by atoms with van der Waals surface area (Å²) in [6, 6.07) is 8.23. The van der Waals surface area contributed by atoms with E-state index in [0.717, 1.165) is 24.4 Å². The Kier molecular flexibility index (Phi) is 4.41. The highest BCUT2D eigenvalue weighted by Crippen LogP contribution is 2.25. The van der Waals surface area contributed by atoms with Gasteiger partial charge < -0.3 is 4.74 Å². The average Bonchev–Trinajstić information content (AvgIpc) is 2.17. The van der Waals surface area contributed by atoms with Crippen molar-refractivity contribution in [3.8, 4) is 5.75 Å². The van der Waals surface area contributed by atoms with Gasteiger partial charge in [0.05, 0.1) is 6.61 Å². The summed E-state index contributed by atoms with van der Waals surface area (Å²) >= 11 is 0. The SMILES string of the molecule is C=C(C)CCOc1ccccc1C(C)C. The molecular weight excluding hydrogens is 184 g/mol. The maximum absolute atomic E-state index is 5.75. The van der Waals surface area contributed by atoms with E-state index < -0.39 is 0 Å². The monoisotopic (exact) mass is 204 g/mol. The van der Waals surface area contributed by atoms with Crippen molar-refractivity contribution in [1.82, 2.24) is 0 Å². The first-order chi connectivity index (χ1) is 7.11. The molecule has 1 aromatic carbocycles. The van der Waals surface area contributed by atoms with Gasteiger partial charge in [-0.05, 0) is 24.5 Å². The van der Waals surface area contributed by atoms with Crippen molar-refractivity contribution >= 4 is 0 Å². The maximum Gasteiger partial charge on any atom is 0.122 e. The number of hydrogen-bond acceptors (Lipinski definition) is 1. The Morgan fingerprint density at radius 3 is 2.60 bits per heavy atom. The highest BCUT2D eigenvalue weighted by molar-refractivity contribution is 5.35. The molecule has 82 valence electrons. The smallest absolute Gasteiger partial charge is 0.122 e. The molecule has 1 rings (SSSR count). The average molecular weight is 204 g/mol. The van der Waals surface area contributed by atoms with E-state index in [2.05, 4.69) is 32.6 Å². The third-order valence-corrected chi connectivity index (χ3v) is 2.33. The van der Waals surface area contributed by atoms with Crippen molar-refractivity contribution in [2.45, 2.75) is 33.1 Å². The summed E-state index contributed by atoms with van der Waals surface area (Å²) in [4.78, 5) is 0. The van der Waals surface area contributed by atoms with E-state index in [-0.39, 0.29) is 0 Å². The van der Waals surface area contributed by atoms with Crippen LogP contribution in [0.4, 0.5) is 0 Å². The third kappa shape index (κ3) is 3.78. The maximum atomic E-state index is 5.75. The normalized spacial score (nSPS) is 10.4. The number of benzene rings is 1. The predicted octanol–water partition coefficient (Wildman–Crippen LogP) is 4.16. The second-order valence-corrected chi connectivity index (χ2v) is 4.25. The summed E-state index contributed by atoms with van der Waals surface area (Å²) in [5, 5.41) is 0. The minimum absolute atomic E-state index is 0.506. The van der Waals surface area contributed by atoms with Crippen LogP contribution in [0.15, 0.2) is 36.4 Å². The Morgan fingerprint density at radius 1 is 1.33 bits per heavy atom. The molecule has 0 aromatic heterocycles. The molecule has 0 amide bonds. The van der Waals surface area contributed by atoms with E-state index in [1.807, 2.05) is 19.1 Å². The van der Waals surface area contributed by atoms with Crippen LogP contribution in [0.1, 0.15) is 38.7 Å². The number of para-hydroxylation sites is 1. The Bertz CT molecular complexity index is 326. The highest BCUT2D eigenvalue weighted by Gasteiger charge is 2.05. The first-order valence-corrected chi connectivity index (χ1v) is 5.47. The molecule has 0 fully saturated rings. The Labute approximate surface area is 92.8 Å².